The van der Waals surface area contributed by atoms with Crippen LogP contribution in [0.25, 0.3) is 0 Å². The molecule has 0 radical (unpaired) electrons. The van der Waals surface area contributed by atoms with E-state index in [2.05, 4.69) is 5.32 Å². The Balaban J connectivity index is 2.63. The maximum atomic E-state index is 8.49. The molecule has 0 aliphatic carbocycles. The monoisotopic (exact) mass is 87.1 g/mol. The van der Waals surface area contributed by atoms with Crippen LogP contribution in [0.1, 0.15) is 0 Å². The van der Waals surface area contributed by atoms with Gasteiger partial charge in [0.25, 0.3) is 0 Å². The lowest BCUT2D eigenvalue weighted by Crippen LogP contribution is -2.22. The van der Waals surface area contributed by atoms with Gasteiger partial charge in [-0.3, -0.25) is 0 Å². The van der Waals surface area contributed by atoms with Crippen molar-refractivity contribution in [3.05, 3.63) is 0 Å². The van der Waals surface area contributed by atoms with E-state index < -0.39 is 0 Å². The number of hydrogen-bond donors (Lipinski definition) is 2. The van der Waals surface area contributed by atoms with Crippen LogP contribution in [0.5, 0.6) is 0 Å². The van der Waals surface area contributed by atoms with Gasteiger partial charge in [0.1, 0.15) is 7.85 Å². The molecule has 0 saturated carbocycles. The summed E-state index contributed by atoms with van der Waals surface area (Å²) in [5, 5.41) is 11.3. The van der Waals surface area contributed by atoms with Crippen molar-refractivity contribution in [2.45, 2.75) is 6.00 Å². The number of rotatable bonds is 2. The van der Waals surface area contributed by atoms with Gasteiger partial charge in [0, 0.05) is 12.5 Å². The fraction of sp³-hybridized carbons (Fsp3) is 1.00. The van der Waals surface area contributed by atoms with E-state index in [0.717, 1.165) is 0 Å². The van der Waals surface area contributed by atoms with Crippen LogP contribution < -0.4 is 5.32 Å². The Morgan fingerprint density at radius 2 is 2.50 bits per heavy atom. The highest BCUT2D eigenvalue weighted by Crippen LogP contribution is 1.62. The van der Waals surface area contributed by atoms with Crippen molar-refractivity contribution in [3.63, 3.8) is 0 Å². The maximum Gasteiger partial charge on any atom is 0.140 e. The fourth-order valence-corrected chi connectivity index (χ4v) is 0.295. The summed E-state index contributed by atoms with van der Waals surface area (Å²) < 4.78 is 0. The first kappa shape index (κ1) is 5.98. The zero-order valence-corrected chi connectivity index (χ0v) is 4.23. The smallest absolute Gasteiger partial charge is 0.140 e. The Morgan fingerprint density at radius 1 is 2.00 bits per heavy atom. The molecular formula is C3H10BNO. The lowest BCUT2D eigenvalue weighted by atomic mass is 10.0. The first-order valence-electron chi connectivity index (χ1n) is 2.10. The second kappa shape index (κ2) is 3.19. The van der Waals surface area contributed by atoms with Gasteiger partial charge in [0.2, 0.25) is 0 Å². The molecule has 0 heterocycles. The van der Waals surface area contributed by atoms with Gasteiger partial charge in [0.15, 0.2) is 0 Å². The van der Waals surface area contributed by atoms with Crippen molar-refractivity contribution in [2.75, 3.05) is 13.6 Å². The minimum Gasteiger partial charge on any atom is -0.401 e. The predicted octanol–water partition coefficient (Wildman–Crippen LogP) is -1.84. The summed E-state index contributed by atoms with van der Waals surface area (Å²) in [4.78, 5) is 0. The van der Waals surface area contributed by atoms with Crippen molar-refractivity contribution in [3.8, 4) is 0 Å². The van der Waals surface area contributed by atoms with E-state index >= 15 is 0 Å². The number of aliphatic hydroxyl groups is 1. The molecule has 6 heavy (non-hydrogen) atoms. The largest absolute Gasteiger partial charge is 0.401 e. The third-order valence-electron chi connectivity index (χ3n) is 0.500. The molecule has 0 aliphatic rings. The molecule has 2 nitrogen and oxygen atoms in total. The number of likely N-dealkylation sites (N-methyl/N-ethyl adjacent to an activating group) is 1. The molecule has 3 heteroatoms. The lowest BCUT2D eigenvalue weighted by molar-refractivity contribution is 0.254. The summed E-state index contributed by atoms with van der Waals surface area (Å²) in [5.74, 6) is 0. The first-order valence-corrected chi connectivity index (χ1v) is 2.10. The van der Waals surface area contributed by atoms with Crippen LogP contribution in [-0.2, 0) is 0 Å². The number of nitrogens with one attached hydrogen (secondary N) is 1. The summed E-state index contributed by atoms with van der Waals surface area (Å²) in [5.41, 5.74) is 0. The van der Waals surface area contributed by atoms with E-state index in [9.17, 15) is 0 Å². The molecule has 0 aromatic heterocycles. The van der Waals surface area contributed by atoms with Crippen LogP contribution in [0, 0.1) is 0 Å². The zero-order chi connectivity index (χ0) is 4.99. The van der Waals surface area contributed by atoms with E-state index in [0.29, 0.717) is 6.54 Å². The van der Waals surface area contributed by atoms with Crippen molar-refractivity contribution in [1.29, 1.82) is 0 Å². The van der Waals surface area contributed by atoms with Crippen LogP contribution in [0.4, 0.5) is 0 Å². The van der Waals surface area contributed by atoms with Crippen molar-refractivity contribution in [1.82, 2.24) is 5.32 Å². The summed E-state index contributed by atoms with van der Waals surface area (Å²) >= 11 is 0. The topological polar surface area (TPSA) is 32.3 Å². The highest BCUT2D eigenvalue weighted by atomic mass is 16.3. The van der Waals surface area contributed by atoms with Gasteiger partial charge < -0.3 is 10.4 Å². The molecule has 0 spiro atoms. The molecule has 0 saturated heterocycles. The van der Waals surface area contributed by atoms with Gasteiger partial charge in [-0.05, 0) is 7.05 Å². The summed E-state index contributed by atoms with van der Waals surface area (Å²) in [6.45, 7) is 0.681. The molecular weight excluding hydrogens is 76.9 g/mol. The SMILES string of the molecule is BC(O)CNC. The zero-order valence-electron chi connectivity index (χ0n) is 4.23. The van der Waals surface area contributed by atoms with Crippen LogP contribution in [0.3, 0.4) is 0 Å². The fourth-order valence-electron chi connectivity index (χ4n) is 0.295. The van der Waals surface area contributed by atoms with Crippen LogP contribution >= 0.6 is 0 Å². The van der Waals surface area contributed by atoms with Crippen molar-refractivity contribution < 1.29 is 5.11 Å². The average molecular weight is 86.9 g/mol. The molecule has 1 atom stereocenters. The molecule has 2 N–H and O–H groups in total. The Bertz CT molecular complexity index is 32.0. The van der Waals surface area contributed by atoms with Crippen molar-refractivity contribution in [2.24, 2.45) is 0 Å². The molecule has 1 unspecified atom stereocenters. The highest BCUT2D eigenvalue weighted by molar-refractivity contribution is 6.10. The van der Waals surface area contributed by atoms with Crippen LogP contribution in [-0.4, -0.2) is 32.5 Å². The van der Waals surface area contributed by atoms with E-state index in [1.54, 1.807) is 7.85 Å². The van der Waals surface area contributed by atoms with Gasteiger partial charge in [-0.2, -0.15) is 0 Å². The predicted molar refractivity (Wildman–Crippen MR) is 28.5 cm³/mol. The standard InChI is InChI=1S/C3H10BNO/c1-5-2-3(4)6/h3,5-6H,2,4H2,1H3. The Morgan fingerprint density at radius 3 is 2.50 bits per heavy atom. The minimum absolute atomic E-state index is 0.213. The summed E-state index contributed by atoms with van der Waals surface area (Å²) in [6.07, 6.45) is 0. The van der Waals surface area contributed by atoms with Gasteiger partial charge in [-0.25, -0.2) is 0 Å². The Kier molecular flexibility index (Phi) is 3.18. The van der Waals surface area contributed by atoms with E-state index in [-0.39, 0.29) is 6.00 Å². The second-order valence-corrected chi connectivity index (χ2v) is 1.41. The number of aliphatic hydroxyl groups excluding tert-OH is 1. The average Bonchev–Trinajstić information content (AvgIpc) is 1.35. The molecule has 0 aromatic rings. The normalized spacial score (nSPS) is 14.3. The second-order valence-electron chi connectivity index (χ2n) is 1.41. The molecule has 0 bridgehead atoms. The Hall–Kier alpha value is -0.0151. The Labute approximate surface area is 39.0 Å². The highest BCUT2D eigenvalue weighted by Gasteiger charge is 1.86. The summed E-state index contributed by atoms with van der Waals surface area (Å²) in [6, 6.07) is -0.213. The molecule has 0 fully saturated rings. The van der Waals surface area contributed by atoms with E-state index in [4.69, 9.17) is 5.11 Å². The minimum atomic E-state index is -0.213. The number of hydrogen-bond acceptors (Lipinski definition) is 2. The molecule has 0 amide bonds. The van der Waals surface area contributed by atoms with E-state index in [1.807, 2.05) is 7.05 Å². The maximum absolute atomic E-state index is 8.49. The first-order chi connectivity index (χ1) is 2.77. The molecule has 0 aromatic carbocycles. The van der Waals surface area contributed by atoms with Gasteiger partial charge >= 0.3 is 0 Å². The van der Waals surface area contributed by atoms with Gasteiger partial charge in [-0.15, -0.1) is 0 Å². The van der Waals surface area contributed by atoms with Gasteiger partial charge in [0.05, 0.1) is 0 Å². The molecule has 0 aliphatic heterocycles. The van der Waals surface area contributed by atoms with Gasteiger partial charge in [-0.1, -0.05) is 0 Å². The summed E-state index contributed by atoms with van der Waals surface area (Å²) in [7, 11) is 3.56. The quantitative estimate of drug-likeness (QED) is 0.388. The third-order valence-corrected chi connectivity index (χ3v) is 0.500. The third kappa shape index (κ3) is 3.98. The molecule has 0 rings (SSSR count). The molecule has 36 valence electrons. The lowest BCUT2D eigenvalue weighted by Gasteiger charge is -1.97. The van der Waals surface area contributed by atoms with Crippen LogP contribution in [0.2, 0.25) is 0 Å². The van der Waals surface area contributed by atoms with Crippen molar-refractivity contribution >= 4 is 7.85 Å². The van der Waals surface area contributed by atoms with E-state index in [1.165, 1.54) is 0 Å². The van der Waals surface area contributed by atoms with Crippen LogP contribution in [0.15, 0.2) is 0 Å².